The van der Waals surface area contributed by atoms with Gasteiger partial charge in [0.1, 0.15) is 10.7 Å². The highest BCUT2D eigenvalue weighted by Gasteiger charge is 2.27. The molecule has 0 aliphatic carbocycles. The van der Waals surface area contributed by atoms with Crippen molar-refractivity contribution < 1.29 is 32.1 Å². The van der Waals surface area contributed by atoms with Crippen LogP contribution in [-0.4, -0.2) is 49.5 Å². The highest BCUT2D eigenvalue weighted by Crippen LogP contribution is 2.25. The minimum absolute atomic E-state index is 0.0764. The molecular weight excluding hydrogens is 419 g/mol. The SMILES string of the molecule is CC(OC(=O)c1ccc(S(C)(=O)=O)c([N+](=O)[O-])c1)C(=O)N(C)Cc1cccc(F)c1. The van der Waals surface area contributed by atoms with Gasteiger partial charge in [0.15, 0.2) is 15.9 Å². The van der Waals surface area contributed by atoms with Crippen molar-refractivity contribution in [3.8, 4) is 0 Å². The summed E-state index contributed by atoms with van der Waals surface area (Å²) in [6.45, 7) is 1.40. The summed E-state index contributed by atoms with van der Waals surface area (Å²) in [5.41, 5.74) is -0.507. The monoisotopic (exact) mass is 438 g/mol. The average molecular weight is 438 g/mol. The molecule has 9 nitrogen and oxygen atoms in total. The van der Waals surface area contributed by atoms with E-state index in [0.29, 0.717) is 5.56 Å². The lowest BCUT2D eigenvalue weighted by Gasteiger charge is -2.21. The average Bonchev–Trinajstić information content (AvgIpc) is 2.65. The number of benzene rings is 2. The molecule has 30 heavy (non-hydrogen) atoms. The number of likely N-dealkylation sites (N-methyl/N-ethyl adjacent to an activating group) is 1. The molecule has 2 aromatic rings. The van der Waals surface area contributed by atoms with Crippen LogP contribution in [0.15, 0.2) is 47.4 Å². The minimum Gasteiger partial charge on any atom is -0.449 e. The van der Waals surface area contributed by atoms with Crippen molar-refractivity contribution in [2.24, 2.45) is 0 Å². The van der Waals surface area contributed by atoms with E-state index >= 15 is 0 Å². The summed E-state index contributed by atoms with van der Waals surface area (Å²) in [5, 5.41) is 11.2. The van der Waals surface area contributed by atoms with Crippen LogP contribution in [0.3, 0.4) is 0 Å². The maximum Gasteiger partial charge on any atom is 0.339 e. The third kappa shape index (κ3) is 5.60. The molecule has 1 unspecified atom stereocenters. The van der Waals surface area contributed by atoms with Gasteiger partial charge in [-0.3, -0.25) is 14.9 Å². The van der Waals surface area contributed by atoms with Gasteiger partial charge < -0.3 is 9.64 Å². The Balaban J connectivity index is 2.13. The maximum atomic E-state index is 13.3. The number of hydrogen-bond donors (Lipinski definition) is 0. The summed E-state index contributed by atoms with van der Waals surface area (Å²) in [6.07, 6.45) is -0.424. The van der Waals surface area contributed by atoms with Gasteiger partial charge in [0.05, 0.1) is 10.5 Å². The Morgan fingerprint density at radius 2 is 1.90 bits per heavy atom. The van der Waals surface area contributed by atoms with Crippen molar-refractivity contribution in [1.29, 1.82) is 0 Å². The summed E-state index contributed by atoms with van der Waals surface area (Å²) < 4.78 is 41.7. The van der Waals surface area contributed by atoms with Gasteiger partial charge in [0.2, 0.25) is 0 Å². The molecule has 1 amide bonds. The van der Waals surface area contributed by atoms with Crippen LogP contribution in [0, 0.1) is 15.9 Å². The summed E-state index contributed by atoms with van der Waals surface area (Å²) in [7, 11) is -2.44. The molecule has 0 saturated carbocycles. The number of halogens is 1. The summed E-state index contributed by atoms with van der Waals surface area (Å²) in [4.78, 5) is 35.7. The van der Waals surface area contributed by atoms with Crippen LogP contribution < -0.4 is 0 Å². The number of ether oxygens (including phenoxy) is 1. The topological polar surface area (TPSA) is 124 Å². The Kier molecular flexibility index (Phi) is 6.88. The van der Waals surface area contributed by atoms with Gasteiger partial charge in [-0.2, -0.15) is 0 Å². The van der Waals surface area contributed by atoms with Crippen LogP contribution in [0.5, 0.6) is 0 Å². The number of nitro benzene ring substituents is 1. The fraction of sp³-hybridized carbons (Fsp3) is 0.263. The second kappa shape index (κ2) is 8.99. The van der Waals surface area contributed by atoms with Crippen molar-refractivity contribution in [2.75, 3.05) is 13.3 Å². The van der Waals surface area contributed by atoms with Crippen LogP contribution >= 0.6 is 0 Å². The van der Waals surface area contributed by atoms with E-state index in [1.54, 1.807) is 6.07 Å². The molecular formula is C19H19FN2O7S. The van der Waals surface area contributed by atoms with Gasteiger partial charge in [-0.1, -0.05) is 12.1 Å². The molecule has 0 saturated heterocycles. The molecule has 0 N–H and O–H groups in total. The first kappa shape index (κ1) is 22.9. The quantitative estimate of drug-likeness (QED) is 0.369. The minimum atomic E-state index is -3.88. The van der Waals surface area contributed by atoms with Crippen molar-refractivity contribution >= 4 is 27.4 Å². The van der Waals surface area contributed by atoms with E-state index in [9.17, 15) is 32.5 Å². The predicted octanol–water partition coefficient (Wildman–Crippen LogP) is 2.34. The largest absolute Gasteiger partial charge is 0.449 e. The third-order valence-electron chi connectivity index (χ3n) is 4.11. The number of nitrogens with zero attached hydrogens (tertiary/aromatic N) is 2. The molecule has 1 atom stereocenters. The van der Waals surface area contributed by atoms with Crippen LogP contribution in [0.25, 0.3) is 0 Å². The smallest absolute Gasteiger partial charge is 0.339 e. The number of esters is 1. The number of sulfone groups is 1. The zero-order chi connectivity index (χ0) is 22.6. The van der Waals surface area contributed by atoms with E-state index < -0.39 is 49.1 Å². The van der Waals surface area contributed by atoms with E-state index in [4.69, 9.17) is 4.74 Å². The predicted molar refractivity (Wildman–Crippen MR) is 104 cm³/mol. The zero-order valence-electron chi connectivity index (χ0n) is 16.4. The fourth-order valence-electron chi connectivity index (χ4n) is 2.68. The van der Waals surface area contributed by atoms with Crippen LogP contribution in [-0.2, 0) is 25.9 Å². The molecule has 0 fully saturated rings. The maximum absolute atomic E-state index is 13.3. The van der Waals surface area contributed by atoms with E-state index in [1.807, 2.05) is 0 Å². The molecule has 0 aromatic heterocycles. The van der Waals surface area contributed by atoms with E-state index in [2.05, 4.69) is 0 Å². The second-order valence-electron chi connectivity index (χ2n) is 6.58. The van der Waals surface area contributed by atoms with Crippen LogP contribution in [0.2, 0.25) is 0 Å². The van der Waals surface area contributed by atoms with Crippen molar-refractivity contribution in [2.45, 2.75) is 24.5 Å². The number of amides is 1. The molecule has 160 valence electrons. The molecule has 11 heteroatoms. The number of hydrogen-bond acceptors (Lipinski definition) is 7. The highest BCUT2D eigenvalue weighted by molar-refractivity contribution is 7.90. The third-order valence-corrected chi connectivity index (χ3v) is 5.25. The number of carbonyl (C=O) groups excluding carboxylic acids is 2. The lowest BCUT2D eigenvalue weighted by Crippen LogP contribution is -2.37. The molecule has 0 aliphatic rings. The first-order valence-corrected chi connectivity index (χ1v) is 10.5. The standard InChI is InChI=1S/C19H19FN2O7S/c1-12(18(23)21(2)11-13-5-4-6-15(20)9-13)29-19(24)14-7-8-17(30(3,27)28)16(10-14)22(25)26/h4-10,12H,11H2,1-3H3. The van der Waals surface area contributed by atoms with Gasteiger partial charge in [0, 0.05) is 25.9 Å². The highest BCUT2D eigenvalue weighted by atomic mass is 32.2. The first-order chi connectivity index (χ1) is 13.9. The summed E-state index contributed by atoms with van der Waals surface area (Å²) >= 11 is 0. The Morgan fingerprint density at radius 3 is 2.47 bits per heavy atom. The number of carbonyl (C=O) groups is 2. The van der Waals surface area contributed by atoms with Gasteiger partial charge in [0.25, 0.3) is 11.6 Å². The Labute approximate surface area is 172 Å². The Bertz CT molecular complexity index is 1100. The van der Waals surface area contributed by atoms with Crippen molar-refractivity contribution in [1.82, 2.24) is 4.90 Å². The molecule has 0 aliphatic heterocycles. The molecule has 0 spiro atoms. The molecule has 0 radical (unpaired) electrons. The number of nitro groups is 1. The lowest BCUT2D eigenvalue weighted by atomic mass is 10.2. The molecule has 0 heterocycles. The lowest BCUT2D eigenvalue weighted by molar-refractivity contribution is -0.387. The Morgan fingerprint density at radius 1 is 1.23 bits per heavy atom. The molecule has 0 bridgehead atoms. The van der Waals surface area contributed by atoms with Crippen molar-refractivity contribution in [3.05, 3.63) is 69.5 Å². The fourth-order valence-corrected chi connectivity index (χ4v) is 3.51. The summed E-state index contributed by atoms with van der Waals surface area (Å²) in [5.74, 6) is -2.06. The van der Waals surface area contributed by atoms with E-state index in [1.165, 1.54) is 37.1 Å². The molecule has 2 aromatic carbocycles. The zero-order valence-corrected chi connectivity index (χ0v) is 17.2. The normalized spacial score (nSPS) is 12.1. The number of rotatable bonds is 7. The van der Waals surface area contributed by atoms with Gasteiger partial charge in [-0.15, -0.1) is 0 Å². The summed E-state index contributed by atoms with van der Waals surface area (Å²) in [6, 6.07) is 8.46. The van der Waals surface area contributed by atoms with E-state index in [0.717, 1.165) is 24.5 Å². The Hall–Kier alpha value is -3.34. The van der Waals surface area contributed by atoms with Gasteiger partial charge in [-0.05, 0) is 36.8 Å². The van der Waals surface area contributed by atoms with Crippen LogP contribution in [0.1, 0.15) is 22.8 Å². The van der Waals surface area contributed by atoms with Gasteiger partial charge in [-0.25, -0.2) is 17.6 Å². The molecule has 2 rings (SSSR count). The second-order valence-corrected chi connectivity index (χ2v) is 8.57. The van der Waals surface area contributed by atoms with E-state index in [-0.39, 0.29) is 12.1 Å². The van der Waals surface area contributed by atoms with Gasteiger partial charge >= 0.3 is 5.97 Å². The van der Waals surface area contributed by atoms with Crippen LogP contribution in [0.4, 0.5) is 10.1 Å². The first-order valence-electron chi connectivity index (χ1n) is 8.59. The van der Waals surface area contributed by atoms with Crippen molar-refractivity contribution in [3.63, 3.8) is 0 Å².